The summed E-state index contributed by atoms with van der Waals surface area (Å²) < 4.78 is 69.7. The topological polar surface area (TPSA) is 144 Å². The van der Waals surface area contributed by atoms with Crippen molar-refractivity contribution in [2.45, 2.75) is 219 Å². The second-order valence-electron chi connectivity index (χ2n) is 19.1. The van der Waals surface area contributed by atoms with Crippen LogP contribution in [0.2, 0.25) is 38.8 Å². The van der Waals surface area contributed by atoms with E-state index in [9.17, 15) is 14.4 Å². The first-order chi connectivity index (χ1) is 26.1. The van der Waals surface area contributed by atoms with Crippen LogP contribution >= 0.6 is 0 Å². The monoisotopic (exact) mass is 874 g/mol. The molecule has 0 aromatic heterocycles. The molecule has 12 nitrogen and oxygen atoms in total. The first-order valence-corrected chi connectivity index (χ1v) is 35.3. The van der Waals surface area contributed by atoms with Crippen molar-refractivity contribution in [3.8, 4) is 0 Å². The third kappa shape index (κ3) is 6.73. The van der Waals surface area contributed by atoms with Gasteiger partial charge >= 0.3 is 61.6 Å². The van der Waals surface area contributed by atoms with Crippen LogP contribution < -0.4 is 0 Å². The van der Waals surface area contributed by atoms with Crippen LogP contribution in [-0.4, -0.2) is 76.0 Å². The Morgan fingerprint density at radius 2 is 0.370 bits per heavy atom. The minimum absolute atomic E-state index is 0.0584. The highest BCUT2D eigenvalue weighted by Crippen LogP contribution is 2.62. The molecule has 3 aliphatic heterocycles. The Balaban J connectivity index is 1.24. The molecule has 3 N–H and O–H groups in total. The molecule has 7 aliphatic carbocycles. The van der Waals surface area contributed by atoms with Gasteiger partial charge in [0.25, 0.3) is 0 Å². The predicted octanol–water partition coefficient (Wildman–Crippen LogP) is 8.34. The summed E-state index contributed by atoms with van der Waals surface area (Å²) in [6.45, 7) is 0. The third-order valence-corrected chi connectivity index (χ3v) is 47.4. The minimum atomic E-state index is -4.28. The summed E-state index contributed by atoms with van der Waals surface area (Å²) in [7, 11) is -29.1. The van der Waals surface area contributed by atoms with Gasteiger partial charge in [-0.15, -0.1) is 0 Å². The Kier molecular flexibility index (Phi) is 10.8. The molecule has 306 valence electrons. The molecule has 0 atom stereocenters. The molecule has 0 spiro atoms. The van der Waals surface area contributed by atoms with Crippen LogP contribution in [-0.2, 0) is 37.0 Å². The second-order valence-corrected chi connectivity index (χ2v) is 40.8. The van der Waals surface area contributed by atoms with E-state index in [1.165, 1.54) is 0 Å². The standard InChI is InChI=1S/C35H66O12Si7/c36-48(29-15-1-2-16-29)39-51(32-21-7-8-22-32)41-49(37,30-17-3-4-18-30)43-53(34-25-11-12-26-34)44-50(38,31-19-5-6-20-31)42-52(40-48,33-23-9-10-24-33)46-54(45-51,47-53)35-27-13-14-28-35/h29-38H,1-28H2. The van der Waals surface area contributed by atoms with E-state index in [0.29, 0.717) is 0 Å². The maximum Gasteiger partial charge on any atom is 0.486 e. The van der Waals surface area contributed by atoms with E-state index in [1.54, 1.807) is 0 Å². The van der Waals surface area contributed by atoms with Gasteiger partial charge < -0.3 is 51.4 Å². The van der Waals surface area contributed by atoms with E-state index in [1.807, 2.05) is 0 Å². The van der Waals surface area contributed by atoms with E-state index >= 15 is 0 Å². The van der Waals surface area contributed by atoms with Crippen LogP contribution in [0, 0.1) is 0 Å². The molecule has 0 unspecified atom stereocenters. The molecule has 4 bridgehead atoms. The lowest BCUT2D eigenvalue weighted by Crippen LogP contribution is -2.85. The molecule has 10 rings (SSSR count). The molecule has 10 fully saturated rings. The largest absolute Gasteiger partial charge is 0.486 e. The van der Waals surface area contributed by atoms with Crippen molar-refractivity contribution in [1.29, 1.82) is 0 Å². The fourth-order valence-corrected chi connectivity index (χ4v) is 55.2. The van der Waals surface area contributed by atoms with E-state index in [4.69, 9.17) is 37.0 Å². The summed E-state index contributed by atoms with van der Waals surface area (Å²) in [5, 5.41) is 0. The number of fused-ring (bicyclic) bond motifs is 3. The first-order valence-electron chi connectivity index (χ1n) is 22.6. The minimum Gasteiger partial charge on any atom is -0.390 e. The molecule has 0 aromatic carbocycles. The first kappa shape index (κ1) is 39.2. The van der Waals surface area contributed by atoms with Crippen molar-refractivity contribution < 1.29 is 51.4 Å². The summed E-state index contributed by atoms with van der Waals surface area (Å²) in [5.74, 6) is 0. The lowest BCUT2D eigenvalue weighted by Gasteiger charge is -2.61. The Bertz CT molecular complexity index is 1180. The lowest BCUT2D eigenvalue weighted by atomic mass is 10.4. The molecule has 54 heavy (non-hydrogen) atoms. The van der Waals surface area contributed by atoms with Crippen molar-refractivity contribution in [2.24, 2.45) is 0 Å². The van der Waals surface area contributed by atoms with Crippen LogP contribution in [0.25, 0.3) is 0 Å². The summed E-state index contributed by atoms with van der Waals surface area (Å²) in [6.07, 6.45) is 25.6. The molecular formula is C35H66O12Si7. The summed E-state index contributed by atoms with van der Waals surface area (Å²) in [4.78, 5) is 40.7. The van der Waals surface area contributed by atoms with Gasteiger partial charge in [0, 0.05) is 38.8 Å². The average Bonchev–Trinajstić information content (AvgIpc) is 4.01. The van der Waals surface area contributed by atoms with Crippen molar-refractivity contribution in [1.82, 2.24) is 0 Å². The van der Waals surface area contributed by atoms with E-state index in [-0.39, 0.29) is 38.8 Å². The predicted molar refractivity (Wildman–Crippen MR) is 212 cm³/mol. The number of rotatable bonds is 7. The quantitative estimate of drug-likeness (QED) is 0.212. The summed E-state index contributed by atoms with van der Waals surface area (Å²) in [6, 6.07) is 0. The highest BCUT2D eigenvalue weighted by atomic mass is 28.6. The second kappa shape index (κ2) is 14.9. The maximum atomic E-state index is 13.6. The van der Waals surface area contributed by atoms with Crippen molar-refractivity contribution in [3.63, 3.8) is 0 Å². The summed E-state index contributed by atoms with van der Waals surface area (Å²) >= 11 is 0. The van der Waals surface area contributed by atoms with Gasteiger partial charge in [0.05, 0.1) is 0 Å². The van der Waals surface area contributed by atoms with Crippen LogP contribution in [0.4, 0.5) is 0 Å². The third-order valence-electron chi connectivity index (χ3n) is 15.6. The van der Waals surface area contributed by atoms with Gasteiger partial charge in [0.2, 0.25) is 0 Å². The highest BCUT2D eigenvalue weighted by molar-refractivity contribution is 6.99. The molecule has 19 heteroatoms. The van der Waals surface area contributed by atoms with Gasteiger partial charge in [0.1, 0.15) is 0 Å². The molecular weight excluding hydrogens is 809 g/mol. The van der Waals surface area contributed by atoms with Crippen molar-refractivity contribution in [2.75, 3.05) is 0 Å². The Labute approximate surface area is 330 Å². The zero-order valence-corrected chi connectivity index (χ0v) is 39.4. The van der Waals surface area contributed by atoms with Crippen molar-refractivity contribution in [3.05, 3.63) is 0 Å². The fourth-order valence-electron chi connectivity index (χ4n) is 12.6. The van der Waals surface area contributed by atoms with Crippen LogP contribution in [0.5, 0.6) is 0 Å². The number of hydrogen-bond donors (Lipinski definition) is 3. The molecule has 0 radical (unpaired) electrons. The SMILES string of the molecule is O[Si]1(C2CCCC2)O[Si]2(C3CCCC3)O[Si](O)(C3CCCC3)O[Si]3(C4CCCC4)O[Si](O)(C4CCCC4)O[Si](C4CCCC4)(O1)O[Si](C1CCCC1)(O2)O3. The van der Waals surface area contributed by atoms with Gasteiger partial charge in [-0.1, -0.05) is 89.9 Å². The molecule has 7 saturated carbocycles. The Morgan fingerprint density at radius 1 is 0.222 bits per heavy atom. The van der Waals surface area contributed by atoms with Crippen LogP contribution in [0.1, 0.15) is 180 Å². The fraction of sp³-hybridized carbons (Fsp3) is 1.00. The highest BCUT2D eigenvalue weighted by Gasteiger charge is 2.83. The van der Waals surface area contributed by atoms with Gasteiger partial charge in [-0.3, -0.25) is 0 Å². The zero-order valence-electron chi connectivity index (χ0n) is 32.4. The van der Waals surface area contributed by atoms with Crippen LogP contribution in [0.3, 0.4) is 0 Å². The van der Waals surface area contributed by atoms with Crippen molar-refractivity contribution >= 4 is 61.6 Å². The zero-order chi connectivity index (χ0) is 36.7. The van der Waals surface area contributed by atoms with E-state index in [0.717, 1.165) is 180 Å². The molecule has 0 aromatic rings. The van der Waals surface area contributed by atoms with E-state index < -0.39 is 61.6 Å². The van der Waals surface area contributed by atoms with Gasteiger partial charge in [0.15, 0.2) is 0 Å². The van der Waals surface area contributed by atoms with Gasteiger partial charge in [-0.25, -0.2) is 0 Å². The maximum absolute atomic E-state index is 13.6. The van der Waals surface area contributed by atoms with Gasteiger partial charge in [-0.05, 0) is 89.9 Å². The molecule has 0 amide bonds. The molecule has 3 heterocycles. The summed E-state index contributed by atoms with van der Waals surface area (Å²) in [5.41, 5.74) is -1.09. The molecule has 3 saturated heterocycles. The number of hydrogen-bond acceptors (Lipinski definition) is 12. The normalized spacial score (nSPS) is 48.5. The Morgan fingerprint density at radius 3 is 0.556 bits per heavy atom. The Hall–Kier alpha value is 1.04. The lowest BCUT2D eigenvalue weighted by molar-refractivity contribution is -0.00985. The molecule has 10 aliphatic rings. The smallest absolute Gasteiger partial charge is 0.390 e. The average molecular weight is 876 g/mol. The van der Waals surface area contributed by atoms with Gasteiger partial charge in [-0.2, -0.15) is 0 Å². The van der Waals surface area contributed by atoms with Crippen LogP contribution in [0.15, 0.2) is 0 Å². The van der Waals surface area contributed by atoms with E-state index in [2.05, 4.69) is 0 Å².